The Hall–Kier alpha value is -1.90. The molecule has 0 saturated carbocycles. The van der Waals surface area contributed by atoms with Gasteiger partial charge >= 0.3 is 0 Å². The molecule has 0 atom stereocenters. The Balaban J connectivity index is 2.39. The van der Waals surface area contributed by atoms with Crippen molar-refractivity contribution in [2.45, 2.75) is 6.42 Å². The van der Waals surface area contributed by atoms with Crippen molar-refractivity contribution in [1.82, 2.24) is 10.2 Å². The summed E-state index contributed by atoms with van der Waals surface area (Å²) in [6.45, 7) is 0. The van der Waals surface area contributed by atoms with Crippen LogP contribution in [0.15, 0.2) is 24.4 Å². The summed E-state index contributed by atoms with van der Waals surface area (Å²) in [4.78, 5) is 11.6. The first-order valence-corrected chi connectivity index (χ1v) is 4.51. The Morgan fingerprint density at radius 2 is 2.29 bits per heavy atom. The summed E-state index contributed by atoms with van der Waals surface area (Å²) in [6.07, 6.45) is 6.13. The molecule has 0 unspecified atom stereocenters. The monoisotopic (exact) mass is 184 g/mol. The van der Waals surface area contributed by atoms with Crippen molar-refractivity contribution in [3.63, 3.8) is 0 Å². The number of nitrogens with zero attached hydrogens (tertiary/aromatic N) is 1. The zero-order valence-corrected chi connectivity index (χ0v) is 7.45. The molecule has 3 rings (SSSR count). The molecule has 1 heterocycles. The highest BCUT2D eigenvalue weighted by molar-refractivity contribution is 6.05. The lowest BCUT2D eigenvalue weighted by Gasteiger charge is -2.08. The van der Waals surface area contributed by atoms with Crippen LogP contribution >= 0.6 is 0 Å². The number of ketones is 1. The van der Waals surface area contributed by atoms with Crippen molar-refractivity contribution in [2.24, 2.45) is 0 Å². The molecule has 3 heteroatoms. The molecule has 0 radical (unpaired) electrons. The fourth-order valence-electron chi connectivity index (χ4n) is 1.79. The summed E-state index contributed by atoms with van der Waals surface area (Å²) < 4.78 is 0. The van der Waals surface area contributed by atoms with E-state index in [1.165, 1.54) is 0 Å². The molecule has 68 valence electrons. The van der Waals surface area contributed by atoms with Crippen LogP contribution in [0.4, 0.5) is 0 Å². The van der Waals surface area contributed by atoms with E-state index in [0.717, 1.165) is 22.0 Å². The van der Waals surface area contributed by atoms with E-state index in [4.69, 9.17) is 0 Å². The Labute approximate surface area is 80.4 Å². The summed E-state index contributed by atoms with van der Waals surface area (Å²) >= 11 is 0. The second kappa shape index (κ2) is 2.54. The molecule has 1 N–H and O–H groups in total. The average molecular weight is 184 g/mol. The fourth-order valence-corrected chi connectivity index (χ4v) is 1.79. The SMILES string of the molecule is O=C1CC=Cc2cc3[nH]ncc3cc21. The maximum Gasteiger partial charge on any atom is 0.167 e. The number of fused-ring (bicyclic) bond motifs is 2. The summed E-state index contributed by atoms with van der Waals surface area (Å²) in [5.41, 5.74) is 2.77. The summed E-state index contributed by atoms with van der Waals surface area (Å²) in [6, 6.07) is 3.87. The maximum absolute atomic E-state index is 11.6. The lowest BCUT2D eigenvalue weighted by atomic mass is 9.95. The van der Waals surface area contributed by atoms with Crippen LogP contribution in [-0.2, 0) is 0 Å². The second-order valence-electron chi connectivity index (χ2n) is 3.43. The van der Waals surface area contributed by atoms with Crippen molar-refractivity contribution in [3.05, 3.63) is 35.5 Å². The van der Waals surface area contributed by atoms with Gasteiger partial charge in [0.05, 0.1) is 11.7 Å². The minimum absolute atomic E-state index is 0.186. The molecule has 2 aromatic rings. The molecule has 0 amide bonds. The molecule has 1 aliphatic carbocycles. The lowest BCUT2D eigenvalue weighted by Crippen LogP contribution is -2.03. The highest BCUT2D eigenvalue weighted by Crippen LogP contribution is 2.23. The van der Waals surface area contributed by atoms with E-state index >= 15 is 0 Å². The third kappa shape index (κ3) is 0.923. The van der Waals surface area contributed by atoms with Crippen LogP contribution in [0, 0.1) is 0 Å². The Kier molecular flexibility index (Phi) is 1.36. The predicted molar refractivity (Wildman–Crippen MR) is 54.1 cm³/mol. The molecule has 0 spiro atoms. The molecule has 1 aliphatic rings. The van der Waals surface area contributed by atoms with E-state index in [1.54, 1.807) is 6.20 Å². The molecule has 0 bridgehead atoms. The van der Waals surface area contributed by atoms with E-state index in [9.17, 15) is 4.79 Å². The molecule has 3 nitrogen and oxygen atoms in total. The van der Waals surface area contributed by atoms with Gasteiger partial charge in [0.2, 0.25) is 0 Å². The largest absolute Gasteiger partial charge is 0.294 e. The topological polar surface area (TPSA) is 45.8 Å². The number of carbonyl (C=O) groups is 1. The van der Waals surface area contributed by atoms with Crippen LogP contribution in [0.25, 0.3) is 17.0 Å². The predicted octanol–water partition coefficient (Wildman–Crippen LogP) is 2.16. The van der Waals surface area contributed by atoms with E-state index < -0.39 is 0 Å². The zero-order valence-electron chi connectivity index (χ0n) is 7.45. The Bertz CT molecular complexity index is 551. The molecule has 0 aliphatic heterocycles. The molecule has 0 fully saturated rings. The lowest BCUT2D eigenvalue weighted by molar-refractivity contribution is 0.0994. The van der Waals surface area contributed by atoms with E-state index in [-0.39, 0.29) is 5.78 Å². The Morgan fingerprint density at radius 1 is 1.36 bits per heavy atom. The number of H-pyrrole nitrogens is 1. The van der Waals surface area contributed by atoms with Crippen LogP contribution in [0.5, 0.6) is 0 Å². The number of hydrogen-bond acceptors (Lipinski definition) is 2. The quantitative estimate of drug-likeness (QED) is 0.681. The standard InChI is InChI=1S/C11H8N2O/c14-11-3-1-2-7-5-10-8(4-9(7)11)6-12-13-10/h1-2,4-6H,3H2,(H,12,13). The first kappa shape index (κ1) is 7.50. The first-order chi connectivity index (χ1) is 6.84. The molecule has 14 heavy (non-hydrogen) atoms. The number of aromatic amines is 1. The van der Waals surface area contributed by atoms with Gasteiger partial charge in [-0.25, -0.2) is 0 Å². The van der Waals surface area contributed by atoms with Crippen molar-refractivity contribution in [3.8, 4) is 0 Å². The van der Waals surface area contributed by atoms with Crippen LogP contribution in [0.3, 0.4) is 0 Å². The van der Waals surface area contributed by atoms with E-state index in [1.807, 2.05) is 24.3 Å². The summed E-state index contributed by atoms with van der Waals surface area (Å²) in [7, 11) is 0. The minimum atomic E-state index is 0.186. The number of carbonyl (C=O) groups excluding carboxylic acids is 1. The third-order valence-electron chi connectivity index (χ3n) is 2.51. The van der Waals surface area contributed by atoms with Gasteiger partial charge in [-0.3, -0.25) is 9.89 Å². The van der Waals surface area contributed by atoms with Gasteiger partial charge in [-0.1, -0.05) is 12.2 Å². The van der Waals surface area contributed by atoms with Gasteiger partial charge in [0, 0.05) is 17.4 Å². The number of hydrogen-bond donors (Lipinski definition) is 1. The number of Topliss-reactive ketones (excluding diaryl/α,β-unsaturated/α-hetero) is 1. The number of rotatable bonds is 0. The van der Waals surface area contributed by atoms with Gasteiger partial charge in [0.1, 0.15) is 0 Å². The minimum Gasteiger partial charge on any atom is -0.294 e. The van der Waals surface area contributed by atoms with Gasteiger partial charge in [0.25, 0.3) is 0 Å². The number of nitrogens with one attached hydrogen (secondary N) is 1. The molecule has 1 aromatic heterocycles. The van der Waals surface area contributed by atoms with Crippen LogP contribution in [0.2, 0.25) is 0 Å². The average Bonchev–Trinajstić information content (AvgIpc) is 2.62. The number of aromatic nitrogens is 2. The highest BCUT2D eigenvalue weighted by atomic mass is 16.1. The fraction of sp³-hybridized carbons (Fsp3) is 0.0909. The smallest absolute Gasteiger partial charge is 0.167 e. The highest BCUT2D eigenvalue weighted by Gasteiger charge is 2.14. The molecule has 1 aromatic carbocycles. The maximum atomic E-state index is 11.6. The van der Waals surface area contributed by atoms with Crippen LogP contribution in [0.1, 0.15) is 22.3 Å². The van der Waals surface area contributed by atoms with Crippen LogP contribution < -0.4 is 0 Å². The molecule has 0 saturated heterocycles. The van der Waals surface area contributed by atoms with Crippen molar-refractivity contribution < 1.29 is 4.79 Å². The summed E-state index contributed by atoms with van der Waals surface area (Å²) in [5, 5.41) is 7.82. The summed E-state index contributed by atoms with van der Waals surface area (Å²) in [5.74, 6) is 0.186. The third-order valence-corrected chi connectivity index (χ3v) is 2.51. The van der Waals surface area contributed by atoms with Gasteiger partial charge in [-0.15, -0.1) is 0 Å². The Morgan fingerprint density at radius 3 is 3.21 bits per heavy atom. The van der Waals surface area contributed by atoms with Crippen molar-refractivity contribution in [2.75, 3.05) is 0 Å². The number of allylic oxidation sites excluding steroid dienone is 1. The van der Waals surface area contributed by atoms with Crippen LogP contribution in [-0.4, -0.2) is 16.0 Å². The van der Waals surface area contributed by atoms with E-state index in [2.05, 4.69) is 10.2 Å². The zero-order chi connectivity index (χ0) is 9.54. The first-order valence-electron chi connectivity index (χ1n) is 4.51. The van der Waals surface area contributed by atoms with Gasteiger partial charge in [-0.2, -0.15) is 5.10 Å². The van der Waals surface area contributed by atoms with Gasteiger partial charge < -0.3 is 0 Å². The van der Waals surface area contributed by atoms with Crippen molar-refractivity contribution in [1.29, 1.82) is 0 Å². The second-order valence-corrected chi connectivity index (χ2v) is 3.43. The van der Waals surface area contributed by atoms with Gasteiger partial charge in [-0.05, 0) is 17.7 Å². The molecular formula is C11H8N2O. The molecular weight excluding hydrogens is 176 g/mol. The van der Waals surface area contributed by atoms with Crippen molar-refractivity contribution >= 4 is 22.8 Å². The normalized spacial score (nSPS) is 14.7. The number of benzene rings is 1. The van der Waals surface area contributed by atoms with Gasteiger partial charge in [0.15, 0.2) is 5.78 Å². The van der Waals surface area contributed by atoms with E-state index in [0.29, 0.717) is 6.42 Å².